The topological polar surface area (TPSA) is 93.4 Å². The number of carboxylic acids is 1. The molecule has 6 heteroatoms. The zero-order valence-corrected chi connectivity index (χ0v) is 9.61. The Kier molecular flexibility index (Phi) is 4.76. The van der Waals surface area contributed by atoms with E-state index in [0.717, 1.165) is 0 Å². The van der Waals surface area contributed by atoms with E-state index in [2.05, 4.69) is 5.32 Å². The molecular formula is C11H11ClN2O3. The maximum atomic E-state index is 10.5. The minimum Gasteiger partial charge on any atom is -0.481 e. The third-order valence-electron chi connectivity index (χ3n) is 2.10. The summed E-state index contributed by atoms with van der Waals surface area (Å²) in [6, 6.07) is 5.98. The highest BCUT2D eigenvalue weighted by Gasteiger charge is 2.12. The van der Waals surface area contributed by atoms with Crippen molar-refractivity contribution in [2.45, 2.75) is 12.5 Å². The highest BCUT2D eigenvalue weighted by molar-refractivity contribution is 6.32. The van der Waals surface area contributed by atoms with Crippen LogP contribution in [0.5, 0.6) is 0 Å². The predicted octanol–water partition coefficient (Wildman–Crippen LogP) is 1.46. The number of hydrogen-bond donors (Lipinski definition) is 3. The van der Waals surface area contributed by atoms with Crippen molar-refractivity contribution in [2.75, 3.05) is 11.9 Å². The van der Waals surface area contributed by atoms with Crippen molar-refractivity contribution >= 4 is 23.3 Å². The van der Waals surface area contributed by atoms with Gasteiger partial charge in [-0.15, -0.1) is 0 Å². The Bertz CT molecular complexity index is 457. The summed E-state index contributed by atoms with van der Waals surface area (Å²) in [7, 11) is 0. The molecule has 1 aromatic rings. The van der Waals surface area contributed by atoms with Crippen LogP contribution < -0.4 is 5.32 Å². The summed E-state index contributed by atoms with van der Waals surface area (Å²) in [5.74, 6) is -1.00. The number of benzene rings is 1. The Morgan fingerprint density at radius 2 is 2.29 bits per heavy atom. The van der Waals surface area contributed by atoms with Gasteiger partial charge in [0, 0.05) is 5.69 Å². The molecule has 0 aliphatic rings. The van der Waals surface area contributed by atoms with Crippen LogP contribution in [0.3, 0.4) is 0 Å². The van der Waals surface area contributed by atoms with Crippen LogP contribution in [0.4, 0.5) is 5.69 Å². The molecule has 0 saturated carbocycles. The second kappa shape index (κ2) is 6.09. The lowest BCUT2D eigenvalue weighted by Gasteiger charge is -2.15. The average Bonchev–Trinajstić information content (AvgIpc) is 2.27. The first-order valence-corrected chi connectivity index (χ1v) is 5.23. The standard InChI is InChI=1S/C11H11ClN2O3/c12-10-3-8(2-1-7(10)5-13)14-9(6-15)4-11(16)17/h1-3,9,14-15H,4,6H2,(H,16,17). The van der Waals surface area contributed by atoms with E-state index in [0.29, 0.717) is 11.3 Å². The SMILES string of the molecule is N#Cc1ccc(NC(CO)CC(=O)O)cc1Cl. The van der Waals surface area contributed by atoms with Crippen LogP contribution in [0, 0.1) is 11.3 Å². The lowest BCUT2D eigenvalue weighted by Crippen LogP contribution is -2.26. The molecule has 0 spiro atoms. The molecule has 0 amide bonds. The van der Waals surface area contributed by atoms with E-state index < -0.39 is 12.0 Å². The van der Waals surface area contributed by atoms with E-state index in [9.17, 15) is 4.79 Å². The fraction of sp³-hybridized carbons (Fsp3) is 0.273. The molecule has 0 aliphatic heterocycles. The number of halogens is 1. The first-order valence-electron chi connectivity index (χ1n) is 4.85. The van der Waals surface area contributed by atoms with Crippen LogP contribution in [0.2, 0.25) is 5.02 Å². The van der Waals surface area contributed by atoms with Crippen molar-refractivity contribution in [3.8, 4) is 6.07 Å². The van der Waals surface area contributed by atoms with E-state index in [1.807, 2.05) is 6.07 Å². The van der Waals surface area contributed by atoms with Crippen molar-refractivity contribution < 1.29 is 15.0 Å². The molecule has 0 saturated heterocycles. The zero-order valence-electron chi connectivity index (χ0n) is 8.85. The molecule has 0 fully saturated rings. The van der Waals surface area contributed by atoms with Crippen LogP contribution in [0.15, 0.2) is 18.2 Å². The summed E-state index contributed by atoms with van der Waals surface area (Å²) in [6.45, 7) is -0.302. The van der Waals surface area contributed by atoms with Gasteiger partial charge in [-0.05, 0) is 18.2 Å². The molecule has 0 aromatic heterocycles. The van der Waals surface area contributed by atoms with Gasteiger partial charge in [-0.25, -0.2) is 0 Å². The molecule has 17 heavy (non-hydrogen) atoms. The van der Waals surface area contributed by atoms with Crippen LogP contribution in [-0.2, 0) is 4.79 Å². The van der Waals surface area contributed by atoms with Gasteiger partial charge in [0.1, 0.15) is 6.07 Å². The third kappa shape index (κ3) is 3.94. The normalized spacial score (nSPS) is 11.6. The fourth-order valence-electron chi connectivity index (χ4n) is 1.30. The van der Waals surface area contributed by atoms with E-state index in [4.69, 9.17) is 27.1 Å². The molecule has 1 atom stereocenters. The fourth-order valence-corrected chi connectivity index (χ4v) is 1.53. The smallest absolute Gasteiger partial charge is 0.305 e. The number of carboxylic acid groups (broad SMARTS) is 1. The van der Waals surface area contributed by atoms with Gasteiger partial charge < -0.3 is 15.5 Å². The van der Waals surface area contributed by atoms with Gasteiger partial charge in [0.2, 0.25) is 0 Å². The maximum Gasteiger partial charge on any atom is 0.305 e. The van der Waals surface area contributed by atoms with Crippen molar-refractivity contribution in [3.63, 3.8) is 0 Å². The van der Waals surface area contributed by atoms with Crippen molar-refractivity contribution in [3.05, 3.63) is 28.8 Å². The number of aliphatic hydroxyl groups is 1. The molecule has 0 bridgehead atoms. The minimum absolute atomic E-state index is 0.200. The molecule has 90 valence electrons. The Hall–Kier alpha value is -1.77. The minimum atomic E-state index is -1.00. The van der Waals surface area contributed by atoms with Crippen molar-refractivity contribution in [1.29, 1.82) is 5.26 Å². The first kappa shape index (κ1) is 13.3. The summed E-state index contributed by atoms with van der Waals surface area (Å²) in [5, 5.41) is 29.4. The van der Waals surface area contributed by atoms with Gasteiger partial charge in [-0.2, -0.15) is 5.26 Å². The van der Waals surface area contributed by atoms with Gasteiger partial charge in [0.25, 0.3) is 0 Å². The van der Waals surface area contributed by atoms with Gasteiger partial charge in [0.05, 0.1) is 29.7 Å². The Balaban J connectivity index is 2.77. The van der Waals surface area contributed by atoms with Gasteiger partial charge >= 0.3 is 5.97 Å². The molecule has 1 rings (SSSR count). The second-order valence-corrected chi connectivity index (χ2v) is 3.84. The number of hydrogen-bond acceptors (Lipinski definition) is 4. The molecule has 5 nitrogen and oxygen atoms in total. The van der Waals surface area contributed by atoms with E-state index >= 15 is 0 Å². The lowest BCUT2D eigenvalue weighted by molar-refractivity contribution is -0.137. The zero-order chi connectivity index (χ0) is 12.8. The maximum absolute atomic E-state index is 10.5. The molecule has 3 N–H and O–H groups in total. The Labute approximate surface area is 103 Å². The molecule has 1 unspecified atom stereocenters. The summed E-state index contributed by atoms with van der Waals surface area (Å²) in [6.07, 6.45) is -0.200. The highest BCUT2D eigenvalue weighted by atomic mass is 35.5. The quantitative estimate of drug-likeness (QED) is 0.740. The van der Waals surface area contributed by atoms with Crippen molar-refractivity contribution in [1.82, 2.24) is 0 Å². The molecule has 0 heterocycles. The molecule has 0 aliphatic carbocycles. The van der Waals surface area contributed by atoms with E-state index in [-0.39, 0.29) is 18.1 Å². The average molecular weight is 255 g/mol. The van der Waals surface area contributed by atoms with Gasteiger partial charge in [-0.3, -0.25) is 4.79 Å². The monoisotopic (exact) mass is 254 g/mol. The molecular weight excluding hydrogens is 244 g/mol. The van der Waals surface area contributed by atoms with Crippen LogP contribution in [0.1, 0.15) is 12.0 Å². The summed E-state index contributed by atoms with van der Waals surface area (Å²) >= 11 is 5.82. The van der Waals surface area contributed by atoms with Crippen LogP contribution in [-0.4, -0.2) is 28.8 Å². The number of anilines is 1. The number of aliphatic hydroxyl groups excluding tert-OH is 1. The number of nitriles is 1. The Morgan fingerprint density at radius 1 is 1.59 bits per heavy atom. The van der Waals surface area contributed by atoms with Crippen LogP contribution >= 0.6 is 11.6 Å². The van der Waals surface area contributed by atoms with Crippen LogP contribution in [0.25, 0.3) is 0 Å². The number of carbonyl (C=O) groups is 1. The number of rotatable bonds is 5. The lowest BCUT2D eigenvalue weighted by atomic mass is 10.1. The summed E-state index contributed by atoms with van der Waals surface area (Å²) in [5.41, 5.74) is 0.908. The number of aliphatic carboxylic acids is 1. The van der Waals surface area contributed by atoms with Gasteiger partial charge in [0.15, 0.2) is 0 Å². The highest BCUT2D eigenvalue weighted by Crippen LogP contribution is 2.21. The van der Waals surface area contributed by atoms with Gasteiger partial charge in [-0.1, -0.05) is 11.6 Å². The first-order chi connectivity index (χ1) is 8.06. The second-order valence-electron chi connectivity index (χ2n) is 3.43. The Morgan fingerprint density at radius 3 is 2.76 bits per heavy atom. The molecule has 1 aromatic carbocycles. The largest absolute Gasteiger partial charge is 0.481 e. The van der Waals surface area contributed by atoms with Crippen molar-refractivity contribution in [2.24, 2.45) is 0 Å². The van der Waals surface area contributed by atoms with E-state index in [1.165, 1.54) is 12.1 Å². The summed E-state index contributed by atoms with van der Waals surface area (Å²) < 4.78 is 0. The molecule has 0 radical (unpaired) electrons. The number of nitrogens with zero attached hydrogens (tertiary/aromatic N) is 1. The van der Waals surface area contributed by atoms with E-state index in [1.54, 1.807) is 6.07 Å². The number of nitrogens with one attached hydrogen (secondary N) is 1. The predicted molar refractivity (Wildman–Crippen MR) is 62.9 cm³/mol. The summed E-state index contributed by atoms with van der Waals surface area (Å²) in [4.78, 5) is 10.5. The third-order valence-corrected chi connectivity index (χ3v) is 2.41.